The molecule has 1 saturated heterocycles. The smallest absolute Gasteiger partial charge is 0.297 e. The number of fused-ring (bicyclic) bond motifs is 3. The summed E-state index contributed by atoms with van der Waals surface area (Å²) in [4.78, 5) is 18.1. The summed E-state index contributed by atoms with van der Waals surface area (Å²) in [6, 6.07) is 17.2. The number of rotatable bonds is 6. The maximum absolute atomic E-state index is 13.8. The van der Waals surface area contributed by atoms with E-state index < -0.39 is 15.3 Å². The Morgan fingerprint density at radius 3 is 2.56 bits per heavy atom. The minimum absolute atomic E-state index is 0.0706. The van der Waals surface area contributed by atoms with Crippen molar-refractivity contribution < 1.29 is 8.42 Å². The highest BCUT2D eigenvalue weighted by Crippen LogP contribution is 2.35. The maximum Gasteiger partial charge on any atom is 0.297 e. The van der Waals surface area contributed by atoms with Gasteiger partial charge in [0.2, 0.25) is 10.0 Å². The van der Waals surface area contributed by atoms with Gasteiger partial charge < -0.3 is 9.80 Å². The largest absolute Gasteiger partial charge is 0.363 e. The lowest BCUT2D eigenvalue weighted by Gasteiger charge is -2.48. The zero-order valence-electron chi connectivity index (χ0n) is 20.4. The fourth-order valence-corrected chi connectivity index (χ4v) is 6.52. The average Bonchev–Trinajstić information content (AvgIpc) is 2.87. The van der Waals surface area contributed by atoms with Crippen LogP contribution in [0, 0.1) is 0 Å². The van der Waals surface area contributed by atoms with Gasteiger partial charge in [-0.05, 0) is 44.0 Å². The van der Waals surface area contributed by atoms with Gasteiger partial charge in [-0.25, -0.2) is 8.42 Å². The number of aromatic nitrogens is 2. The molecule has 0 saturated carbocycles. The van der Waals surface area contributed by atoms with Gasteiger partial charge in [-0.1, -0.05) is 48.0 Å². The molecule has 0 radical (unpaired) electrons. The number of halogens is 1. The molecule has 2 aliphatic heterocycles. The van der Waals surface area contributed by atoms with Gasteiger partial charge in [0.1, 0.15) is 5.69 Å². The van der Waals surface area contributed by atoms with E-state index >= 15 is 0 Å². The molecule has 0 amide bonds. The molecule has 8 nitrogen and oxygen atoms in total. The molecule has 0 bridgehead atoms. The molecule has 5 rings (SSSR count). The summed E-state index contributed by atoms with van der Waals surface area (Å²) in [6.07, 6.45) is 2.49. The Labute approximate surface area is 216 Å². The van der Waals surface area contributed by atoms with Crippen molar-refractivity contribution in [2.24, 2.45) is 0 Å². The van der Waals surface area contributed by atoms with Crippen molar-refractivity contribution in [1.29, 1.82) is 0 Å². The topological polar surface area (TPSA) is 78.8 Å². The van der Waals surface area contributed by atoms with E-state index in [4.69, 9.17) is 11.6 Å². The fourth-order valence-electron chi connectivity index (χ4n) is 5.02. The van der Waals surface area contributed by atoms with Crippen LogP contribution in [-0.4, -0.2) is 66.5 Å². The van der Waals surface area contributed by atoms with Crippen LogP contribution in [0.2, 0.25) is 5.02 Å². The third kappa shape index (κ3) is 4.63. The van der Waals surface area contributed by atoms with Crippen molar-refractivity contribution in [2.45, 2.75) is 31.6 Å². The molecule has 3 aromatic rings. The van der Waals surface area contributed by atoms with Crippen molar-refractivity contribution in [3.8, 4) is 5.69 Å². The second-order valence-electron chi connectivity index (χ2n) is 9.56. The van der Waals surface area contributed by atoms with Gasteiger partial charge >= 0.3 is 0 Å². The number of sulfonamides is 1. The number of anilines is 2. The van der Waals surface area contributed by atoms with Gasteiger partial charge in [0.25, 0.3) is 5.56 Å². The Hall–Kier alpha value is -2.88. The lowest BCUT2D eigenvalue weighted by atomic mass is 10.1. The van der Waals surface area contributed by atoms with Crippen LogP contribution in [0.4, 0.5) is 11.4 Å². The summed E-state index contributed by atoms with van der Waals surface area (Å²) in [7, 11) is -3.36. The van der Waals surface area contributed by atoms with E-state index in [0.29, 0.717) is 49.1 Å². The van der Waals surface area contributed by atoms with E-state index in [1.807, 2.05) is 24.3 Å². The molecule has 0 N–H and O–H groups in total. The molecule has 1 atom stereocenters. The van der Waals surface area contributed by atoms with E-state index in [1.165, 1.54) is 10.2 Å². The Morgan fingerprint density at radius 2 is 1.83 bits per heavy atom. The van der Waals surface area contributed by atoms with Crippen LogP contribution in [0.15, 0.2) is 65.6 Å². The van der Waals surface area contributed by atoms with Gasteiger partial charge in [0.05, 0.1) is 28.9 Å². The second kappa shape index (κ2) is 9.88. The summed E-state index contributed by atoms with van der Waals surface area (Å²) in [5, 5.41) is 4.55. The molecular weight excluding hydrogens is 498 g/mol. The average molecular weight is 528 g/mol. The number of hydrogen-bond acceptors (Lipinski definition) is 6. The van der Waals surface area contributed by atoms with Crippen molar-refractivity contribution in [2.75, 3.05) is 42.5 Å². The Balaban J connectivity index is 1.53. The molecule has 0 aliphatic carbocycles. The Bertz CT molecular complexity index is 1410. The Kier molecular flexibility index (Phi) is 6.80. The first-order valence-electron chi connectivity index (χ1n) is 12.2. The minimum Gasteiger partial charge on any atom is -0.363 e. The van der Waals surface area contributed by atoms with Crippen molar-refractivity contribution in [3.05, 3.63) is 81.7 Å². The first-order chi connectivity index (χ1) is 17.3. The Morgan fingerprint density at radius 1 is 1.06 bits per heavy atom. The van der Waals surface area contributed by atoms with E-state index in [9.17, 15) is 13.2 Å². The van der Waals surface area contributed by atoms with Gasteiger partial charge in [0.15, 0.2) is 0 Å². The van der Waals surface area contributed by atoms with Crippen molar-refractivity contribution in [3.63, 3.8) is 0 Å². The van der Waals surface area contributed by atoms with Gasteiger partial charge in [0, 0.05) is 37.7 Å². The molecule has 190 valence electrons. The van der Waals surface area contributed by atoms with Crippen LogP contribution in [0.1, 0.15) is 19.4 Å². The zero-order chi connectivity index (χ0) is 25.4. The molecule has 36 heavy (non-hydrogen) atoms. The number of piperazine rings is 1. The predicted octanol–water partition coefficient (Wildman–Crippen LogP) is 3.18. The van der Waals surface area contributed by atoms with E-state index in [0.717, 1.165) is 12.1 Å². The van der Waals surface area contributed by atoms with Crippen LogP contribution in [0.5, 0.6) is 0 Å². The van der Waals surface area contributed by atoms with Gasteiger partial charge in [-0.15, -0.1) is 0 Å². The lowest BCUT2D eigenvalue weighted by molar-refractivity contribution is 0.324. The predicted molar refractivity (Wildman–Crippen MR) is 144 cm³/mol. The summed E-state index contributed by atoms with van der Waals surface area (Å²) < 4.78 is 28.8. The molecule has 2 aliphatic rings. The van der Waals surface area contributed by atoms with Crippen LogP contribution in [0.25, 0.3) is 5.69 Å². The van der Waals surface area contributed by atoms with Crippen LogP contribution in [-0.2, 0) is 16.4 Å². The van der Waals surface area contributed by atoms with Crippen LogP contribution in [0.3, 0.4) is 0 Å². The first-order valence-corrected chi connectivity index (χ1v) is 14.1. The highest BCUT2D eigenvalue weighted by molar-refractivity contribution is 7.89. The summed E-state index contributed by atoms with van der Waals surface area (Å²) in [5.41, 5.74) is 2.92. The fraction of sp³-hybridized carbons (Fsp3) is 0.385. The van der Waals surface area contributed by atoms with E-state index in [1.54, 1.807) is 42.5 Å². The van der Waals surface area contributed by atoms with E-state index in [-0.39, 0.29) is 11.6 Å². The lowest BCUT2D eigenvalue weighted by Crippen LogP contribution is -2.62. The molecule has 2 aromatic carbocycles. The van der Waals surface area contributed by atoms with Crippen LogP contribution >= 0.6 is 11.6 Å². The van der Waals surface area contributed by atoms with Gasteiger partial charge in [-0.3, -0.25) is 4.79 Å². The van der Waals surface area contributed by atoms with Gasteiger partial charge in [-0.2, -0.15) is 14.1 Å². The molecular formula is C26H30ClN5O3S. The van der Waals surface area contributed by atoms with Crippen molar-refractivity contribution in [1.82, 2.24) is 14.1 Å². The monoisotopic (exact) mass is 527 g/mol. The molecule has 0 spiro atoms. The van der Waals surface area contributed by atoms with Crippen LogP contribution < -0.4 is 15.4 Å². The molecule has 1 fully saturated rings. The zero-order valence-corrected chi connectivity index (χ0v) is 22.0. The highest BCUT2D eigenvalue weighted by atomic mass is 35.5. The minimum atomic E-state index is -3.36. The summed E-state index contributed by atoms with van der Waals surface area (Å²) in [6.45, 7) is 5.90. The SMILES string of the molecule is CC(C)S(=O)(=O)N1CCN2c3cnn(-c4cccc(Cl)c4)c(=O)c3N(CCc3ccccc3)CC2C1. The normalized spacial score (nSPS) is 18.3. The summed E-state index contributed by atoms with van der Waals surface area (Å²) in [5.74, 6) is 0. The number of benzene rings is 2. The van der Waals surface area contributed by atoms with Crippen molar-refractivity contribution >= 4 is 33.0 Å². The highest BCUT2D eigenvalue weighted by Gasteiger charge is 2.40. The third-order valence-corrected chi connectivity index (χ3v) is 9.43. The summed E-state index contributed by atoms with van der Waals surface area (Å²) >= 11 is 6.18. The molecule has 1 aromatic heterocycles. The molecule has 10 heteroatoms. The standard InChI is InChI=1S/C26H30ClN5O3S/c1-19(2)36(34,35)30-13-14-31-23(18-30)17-29(12-11-20-7-4-3-5-8-20)25-24(31)16-28-32(26(25)33)22-10-6-9-21(27)15-22/h3-10,15-16,19,23H,11-14,17-18H2,1-2H3. The molecule has 3 heterocycles. The maximum atomic E-state index is 13.8. The third-order valence-electron chi connectivity index (χ3n) is 6.96. The second-order valence-corrected chi connectivity index (χ2v) is 12.5. The quantitative estimate of drug-likeness (QED) is 0.490. The molecule has 1 unspecified atom stereocenters. The first kappa shape index (κ1) is 24.8. The number of hydrogen-bond donors (Lipinski definition) is 0. The van der Waals surface area contributed by atoms with E-state index in [2.05, 4.69) is 27.0 Å². The number of nitrogens with zero attached hydrogens (tertiary/aromatic N) is 5.